The van der Waals surface area contributed by atoms with Crippen molar-refractivity contribution in [3.63, 3.8) is 0 Å². The second-order valence-corrected chi connectivity index (χ2v) is 7.49. The molecule has 1 atom stereocenters. The van der Waals surface area contributed by atoms with Crippen LogP contribution < -0.4 is 10.6 Å². The Morgan fingerprint density at radius 3 is 2.41 bits per heavy atom. The summed E-state index contributed by atoms with van der Waals surface area (Å²) < 4.78 is 0. The van der Waals surface area contributed by atoms with Crippen molar-refractivity contribution in [2.24, 2.45) is 5.73 Å². The van der Waals surface area contributed by atoms with E-state index >= 15 is 0 Å². The number of rotatable bonds is 5. The number of carbonyl (C=O) groups is 1. The molecule has 6 heteroatoms. The predicted molar refractivity (Wildman–Crippen MR) is 108 cm³/mol. The minimum atomic E-state index is -0.493. The van der Waals surface area contributed by atoms with Gasteiger partial charge in [0.2, 0.25) is 5.91 Å². The number of benzene rings is 1. The molecule has 2 aromatic rings. The quantitative estimate of drug-likeness (QED) is 0.876. The minimum absolute atomic E-state index is 0.0280. The lowest BCUT2D eigenvalue weighted by molar-refractivity contribution is -0.132. The smallest absolute Gasteiger partial charge is 0.239 e. The molecule has 1 unspecified atom stereocenters. The van der Waals surface area contributed by atoms with Gasteiger partial charge in [0.25, 0.3) is 0 Å². The van der Waals surface area contributed by atoms with Crippen LogP contribution in [0.3, 0.4) is 0 Å². The van der Waals surface area contributed by atoms with Gasteiger partial charge >= 0.3 is 0 Å². The standard InChI is InChI=1S/C21H29N5O/c1-15(2)20-23-16(3)13-19(24-20)25-9-11-26(12-10-25)21(27)18(22)14-17-7-5-4-6-8-17/h4-8,13,15,18H,9-12,14,22H2,1-3H3. The van der Waals surface area contributed by atoms with Gasteiger partial charge in [-0.05, 0) is 18.9 Å². The zero-order chi connectivity index (χ0) is 19.4. The summed E-state index contributed by atoms with van der Waals surface area (Å²) in [4.78, 5) is 26.0. The van der Waals surface area contributed by atoms with Crippen LogP contribution in [0.1, 0.15) is 36.8 Å². The van der Waals surface area contributed by atoms with Gasteiger partial charge in [-0.25, -0.2) is 9.97 Å². The Bertz CT molecular complexity index is 769. The van der Waals surface area contributed by atoms with Crippen LogP contribution in [0.2, 0.25) is 0 Å². The third-order valence-corrected chi connectivity index (χ3v) is 4.91. The lowest BCUT2D eigenvalue weighted by atomic mass is 10.1. The van der Waals surface area contributed by atoms with Gasteiger partial charge in [0, 0.05) is 43.9 Å². The number of piperazine rings is 1. The van der Waals surface area contributed by atoms with Gasteiger partial charge in [0.15, 0.2) is 0 Å². The highest BCUT2D eigenvalue weighted by molar-refractivity contribution is 5.82. The number of carbonyl (C=O) groups excluding carboxylic acids is 1. The Balaban J connectivity index is 1.59. The molecule has 1 fully saturated rings. The van der Waals surface area contributed by atoms with E-state index in [1.54, 1.807) is 0 Å². The van der Waals surface area contributed by atoms with Crippen LogP contribution in [0.4, 0.5) is 5.82 Å². The van der Waals surface area contributed by atoms with E-state index in [-0.39, 0.29) is 5.91 Å². The van der Waals surface area contributed by atoms with Crippen molar-refractivity contribution in [3.05, 3.63) is 53.5 Å². The van der Waals surface area contributed by atoms with Gasteiger partial charge in [-0.15, -0.1) is 0 Å². The Labute approximate surface area is 161 Å². The summed E-state index contributed by atoms with van der Waals surface area (Å²) in [5.41, 5.74) is 8.24. The second kappa shape index (κ2) is 8.48. The monoisotopic (exact) mass is 367 g/mol. The van der Waals surface area contributed by atoms with Gasteiger partial charge in [-0.3, -0.25) is 4.79 Å². The van der Waals surface area contributed by atoms with Crippen LogP contribution in [-0.4, -0.2) is 53.0 Å². The topological polar surface area (TPSA) is 75.3 Å². The maximum absolute atomic E-state index is 12.7. The third kappa shape index (κ3) is 4.83. The molecule has 3 rings (SSSR count). The highest BCUT2D eigenvalue weighted by Crippen LogP contribution is 2.19. The fourth-order valence-electron chi connectivity index (χ4n) is 3.34. The summed E-state index contributed by atoms with van der Waals surface area (Å²) in [7, 11) is 0. The normalized spacial score (nSPS) is 15.9. The van der Waals surface area contributed by atoms with Gasteiger partial charge in [0.1, 0.15) is 11.6 Å². The molecule has 2 heterocycles. The first-order valence-electron chi connectivity index (χ1n) is 9.63. The van der Waals surface area contributed by atoms with Crippen LogP contribution in [0.5, 0.6) is 0 Å². The third-order valence-electron chi connectivity index (χ3n) is 4.91. The molecule has 1 aromatic carbocycles. The molecular weight excluding hydrogens is 338 g/mol. The zero-order valence-corrected chi connectivity index (χ0v) is 16.4. The van der Waals surface area contributed by atoms with E-state index in [1.165, 1.54) is 0 Å². The molecule has 144 valence electrons. The molecule has 27 heavy (non-hydrogen) atoms. The molecule has 1 aliphatic rings. The number of aromatic nitrogens is 2. The van der Waals surface area contributed by atoms with Crippen LogP contribution in [0.25, 0.3) is 0 Å². The van der Waals surface area contributed by atoms with Gasteiger partial charge < -0.3 is 15.5 Å². The van der Waals surface area contributed by atoms with Crippen LogP contribution in [-0.2, 0) is 11.2 Å². The largest absolute Gasteiger partial charge is 0.353 e. The molecule has 2 N–H and O–H groups in total. The summed E-state index contributed by atoms with van der Waals surface area (Å²) in [5.74, 6) is 2.14. The Kier molecular flexibility index (Phi) is 6.06. The van der Waals surface area contributed by atoms with E-state index < -0.39 is 6.04 Å². The summed E-state index contributed by atoms with van der Waals surface area (Å²) in [5, 5.41) is 0. The number of hydrogen-bond acceptors (Lipinski definition) is 5. The molecule has 0 radical (unpaired) electrons. The Morgan fingerprint density at radius 2 is 1.78 bits per heavy atom. The summed E-state index contributed by atoms with van der Waals surface area (Å²) >= 11 is 0. The molecule has 1 aliphatic heterocycles. The summed E-state index contributed by atoms with van der Waals surface area (Å²) in [6.45, 7) is 9.06. The van der Waals surface area contributed by atoms with E-state index in [4.69, 9.17) is 10.7 Å². The molecular formula is C21H29N5O. The van der Waals surface area contributed by atoms with Crippen molar-refractivity contribution in [3.8, 4) is 0 Å². The first-order valence-corrected chi connectivity index (χ1v) is 9.63. The van der Waals surface area contributed by atoms with Crippen molar-refractivity contribution in [1.29, 1.82) is 0 Å². The second-order valence-electron chi connectivity index (χ2n) is 7.49. The fraction of sp³-hybridized carbons (Fsp3) is 0.476. The number of aryl methyl sites for hydroxylation is 1. The molecule has 0 spiro atoms. The van der Waals surface area contributed by atoms with Gasteiger partial charge in [-0.1, -0.05) is 44.2 Å². The van der Waals surface area contributed by atoms with Crippen molar-refractivity contribution >= 4 is 11.7 Å². The first kappa shape index (κ1) is 19.3. The van der Waals surface area contributed by atoms with E-state index in [9.17, 15) is 4.79 Å². The minimum Gasteiger partial charge on any atom is -0.353 e. The SMILES string of the molecule is Cc1cc(N2CCN(C(=O)C(N)Cc3ccccc3)CC2)nc(C(C)C)n1. The summed E-state index contributed by atoms with van der Waals surface area (Å²) in [6, 6.07) is 11.5. The molecule has 0 saturated carbocycles. The number of nitrogens with two attached hydrogens (primary N) is 1. The molecule has 1 aromatic heterocycles. The Morgan fingerprint density at radius 1 is 1.11 bits per heavy atom. The van der Waals surface area contributed by atoms with E-state index in [1.807, 2.05) is 48.2 Å². The van der Waals surface area contributed by atoms with Gasteiger partial charge in [0.05, 0.1) is 6.04 Å². The lowest BCUT2D eigenvalue weighted by Gasteiger charge is -2.36. The molecule has 1 saturated heterocycles. The lowest BCUT2D eigenvalue weighted by Crippen LogP contribution is -2.53. The molecule has 6 nitrogen and oxygen atoms in total. The Hall–Kier alpha value is -2.47. The maximum atomic E-state index is 12.7. The van der Waals surface area contributed by atoms with Crippen molar-refractivity contribution in [2.75, 3.05) is 31.1 Å². The highest BCUT2D eigenvalue weighted by atomic mass is 16.2. The van der Waals surface area contributed by atoms with Crippen molar-refractivity contribution in [2.45, 2.75) is 39.2 Å². The maximum Gasteiger partial charge on any atom is 0.239 e. The van der Waals surface area contributed by atoms with E-state index in [0.717, 1.165) is 36.0 Å². The van der Waals surface area contributed by atoms with Crippen molar-refractivity contribution < 1.29 is 4.79 Å². The molecule has 0 aliphatic carbocycles. The van der Waals surface area contributed by atoms with Gasteiger partial charge in [-0.2, -0.15) is 0 Å². The number of nitrogens with zero attached hydrogens (tertiary/aromatic N) is 4. The molecule has 1 amide bonds. The van der Waals surface area contributed by atoms with Crippen LogP contribution in [0.15, 0.2) is 36.4 Å². The summed E-state index contributed by atoms with van der Waals surface area (Å²) in [6.07, 6.45) is 0.572. The van der Waals surface area contributed by atoms with E-state index in [0.29, 0.717) is 25.4 Å². The van der Waals surface area contributed by atoms with Crippen LogP contribution in [0, 0.1) is 6.92 Å². The van der Waals surface area contributed by atoms with Crippen molar-refractivity contribution in [1.82, 2.24) is 14.9 Å². The average Bonchev–Trinajstić information content (AvgIpc) is 2.67. The predicted octanol–water partition coefficient (Wildman–Crippen LogP) is 2.13. The van der Waals surface area contributed by atoms with E-state index in [2.05, 4.69) is 23.7 Å². The molecule has 0 bridgehead atoms. The highest BCUT2D eigenvalue weighted by Gasteiger charge is 2.26. The van der Waals surface area contributed by atoms with Crippen LogP contribution >= 0.6 is 0 Å². The number of hydrogen-bond donors (Lipinski definition) is 1. The number of amides is 1. The first-order chi connectivity index (χ1) is 12.9. The fourth-order valence-corrected chi connectivity index (χ4v) is 3.34. The number of anilines is 1. The average molecular weight is 367 g/mol. The zero-order valence-electron chi connectivity index (χ0n) is 16.4.